The third-order valence-electron chi connectivity index (χ3n) is 6.11. The molecule has 0 aromatic heterocycles. The lowest BCUT2D eigenvalue weighted by Gasteiger charge is -2.33. The molecule has 2 aromatic rings. The summed E-state index contributed by atoms with van der Waals surface area (Å²) in [6, 6.07) is 12.2. The van der Waals surface area contributed by atoms with Crippen LogP contribution in [0.25, 0.3) is 0 Å². The maximum atomic E-state index is 13.3. The SMILES string of the molecule is CC[C@H](C(=O)NC1CCCCC1)N(Cc1c(Cl)cccc1Cl)C(=O)COc1ccc(C)cc1. The number of hydrogen-bond acceptors (Lipinski definition) is 3. The van der Waals surface area contributed by atoms with E-state index in [0.29, 0.717) is 27.8 Å². The molecule has 33 heavy (non-hydrogen) atoms. The second-order valence-electron chi connectivity index (χ2n) is 8.59. The Labute approximate surface area is 206 Å². The summed E-state index contributed by atoms with van der Waals surface area (Å²) < 4.78 is 5.74. The lowest BCUT2D eigenvalue weighted by atomic mass is 9.95. The number of ether oxygens (including phenoxy) is 1. The molecule has 0 radical (unpaired) electrons. The van der Waals surface area contributed by atoms with E-state index in [4.69, 9.17) is 27.9 Å². The Hall–Kier alpha value is -2.24. The Morgan fingerprint density at radius 2 is 1.70 bits per heavy atom. The minimum Gasteiger partial charge on any atom is -0.484 e. The highest BCUT2D eigenvalue weighted by atomic mass is 35.5. The van der Waals surface area contributed by atoms with E-state index in [0.717, 1.165) is 31.2 Å². The van der Waals surface area contributed by atoms with Crippen molar-refractivity contribution in [1.82, 2.24) is 10.2 Å². The molecule has 1 N–H and O–H groups in total. The number of nitrogens with zero attached hydrogens (tertiary/aromatic N) is 1. The molecular formula is C26H32Cl2N2O3. The Kier molecular flexibility index (Phi) is 9.45. The molecule has 3 rings (SSSR count). The van der Waals surface area contributed by atoms with E-state index < -0.39 is 6.04 Å². The Morgan fingerprint density at radius 3 is 2.30 bits per heavy atom. The van der Waals surface area contributed by atoms with Crippen LogP contribution < -0.4 is 10.1 Å². The second kappa shape index (κ2) is 12.3. The summed E-state index contributed by atoms with van der Waals surface area (Å²) in [5.41, 5.74) is 1.72. The molecular weight excluding hydrogens is 459 g/mol. The average molecular weight is 491 g/mol. The largest absolute Gasteiger partial charge is 0.484 e. The number of benzene rings is 2. The highest BCUT2D eigenvalue weighted by Gasteiger charge is 2.31. The molecule has 1 fully saturated rings. The van der Waals surface area contributed by atoms with E-state index in [2.05, 4.69) is 5.32 Å². The standard InChI is InChI=1S/C26H32Cl2N2O3/c1-3-24(26(32)29-19-8-5-4-6-9-19)30(16-21-22(27)10-7-11-23(21)28)25(31)17-33-20-14-12-18(2)13-15-20/h7,10-15,19,24H,3-6,8-9,16-17H2,1-2H3,(H,29,32)/t24-/m1/s1. The molecule has 178 valence electrons. The van der Waals surface area contributed by atoms with Crippen LogP contribution >= 0.6 is 23.2 Å². The van der Waals surface area contributed by atoms with Crippen molar-refractivity contribution in [2.24, 2.45) is 0 Å². The van der Waals surface area contributed by atoms with Gasteiger partial charge in [-0.2, -0.15) is 0 Å². The van der Waals surface area contributed by atoms with Crippen LogP contribution in [0.2, 0.25) is 10.0 Å². The van der Waals surface area contributed by atoms with Crippen LogP contribution in [-0.4, -0.2) is 35.4 Å². The molecule has 1 aliphatic carbocycles. The van der Waals surface area contributed by atoms with E-state index in [1.165, 1.54) is 6.42 Å². The van der Waals surface area contributed by atoms with Gasteiger partial charge in [0.15, 0.2) is 6.61 Å². The highest BCUT2D eigenvalue weighted by molar-refractivity contribution is 6.36. The Morgan fingerprint density at radius 1 is 1.06 bits per heavy atom. The summed E-state index contributed by atoms with van der Waals surface area (Å²) in [4.78, 5) is 28.1. The first kappa shape index (κ1) is 25.4. The lowest BCUT2D eigenvalue weighted by molar-refractivity contribution is -0.143. The summed E-state index contributed by atoms with van der Waals surface area (Å²) in [5.74, 6) is 0.165. The normalized spacial score (nSPS) is 15.0. The molecule has 0 spiro atoms. The lowest BCUT2D eigenvalue weighted by Crippen LogP contribution is -2.52. The topological polar surface area (TPSA) is 58.6 Å². The molecule has 0 bridgehead atoms. The molecule has 0 heterocycles. The smallest absolute Gasteiger partial charge is 0.261 e. The number of rotatable bonds is 9. The number of carbonyl (C=O) groups is 2. The minimum atomic E-state index is -0.645. The molecule has 2 aromatic carbocycles. The highest BCUT2D eigenvalue weighted by Crippen LogP contribution is 2.27. The van der Waals surface area contributed by atoms with Gasteiger partial charge in [-0.1, -0.05) is 73.2 Å². The summed E-state index contributed by atoms with van der Waals surface area (Å²) in [7, 11) is 0. The molecule has 0 unspecified atom stereocenters. The molecule has 0 aliphatic heterocycles. The van der Waals surface area contributed by atoms with E-state index >= 15 is 0 Å². The van der Waals surface area contributed by atoms with Gasteiger partial charge in [-0.25, -0.2) is 0 Å². The van der Waals surface area contributed by atoms with Crippen LogP contribution in [0.3, 0.4) is 0 Å². The molecule has 7 heteroatoms. The first-order valence-electron chi connectivity index (χ1n) is 11.6. The van der Waals surface area contributed by atoms with Crippen LogP contribution in [0, 0.1) is 6.92 Å². The zero-order valence-corrected chi connectivity index (χ0v) is 20.8. The number of carbonyl (C=O) groups excluding carboxylic acids is 2. The quantitative estimate of drug-likeness (QED) is 0.473. The molecule has 2 amide bonds. The molecule has 1 aliphatic rings. The summed E-state index contributed by atoms with van der Waals surface area (Å²) in [5, 5.41) is 4.08. The fraction of sp³-hybridized carbons (Fsp3) is 0.462. The summed E-state index contributed by atoms with van der Waals surface area (Å²) >= 11 is 12.8. The van der Waals surface area contributed by atoms with Crippen LogP contribution in [-0.2, 0) is 16.1 Å². The van der Waals surface area contributed by atoms with Crippen LogP contribution in [0.15, 0.2) is 42.5 Å². The van der Waals surface area contributed by atoms with Crippen LogP contribution in [0.5, 0.6) is 5.75 Å². The Bertz CT molecular complexity index is 923. The van der Waals surface area contributed by atoms with Crippen molar-refractivity contribution in [2.75, 3.05) is 6.61 Å². The van der Waals surface area contributed by atoms with Crippen molar-refractivity contribution in [3.05, 3.63) is 63.6 Å². The first-order chi connectivity index (χ1) is 15.9. The fourth-order valence-electron chi connectivity index (χ4n) is 4.18. The zero-order valence-electron chi connectivity index (χ0n) is 19.3. The first-order valence-corrected chi connectivity index (χ1v) is 12.4. The fourth-order valence-corrected chi connectivity index (χ4v) is 4.70. The molecule has 0 saturated heterocycles. The average Bonchev–Trinajstić information content (AvgIpc) is 2.81. The van der Waals surface area contributed by atoms with Gasteiger partial charge >= 0.3 is 0 Å². The number of amides is 2. The number of nitrogens with one attached hydrogen (secondary N) is 1. The van der Waals surface area contributed by atoms with Crippen molar-refractivity contribution in [3.63, 3.8) is 0 Å². The molecule has 1 atom stereocenters. The van der Waals surface area contributed by atoms with E-state index in [9.17, 15) is 9.59 Å². The van der Waals surface area contributed by atoms with Gasteiger partial charge < -0.3 is 15.0 Å². The maximum absolute atomic E-state index is 13.3. The predicted octanol–water partition coefficient (Wildman–Crippen LogP) is 5.94. The van der Waals surface area contributed by atoms with Crippen LogP contribution in [0.1, 0.15) is 56.6 Å². The third-order valence-corrected chi connectivity index (χ3v) is 6.82. The van der Waals surface area contributed by atoms with Gasteiger partial charge in [-0.3, -0.25) is 9.59 Å². The summed E-state index contributed by atoms with van der Waals surface area (Å²) in [6.07, 6.45) is 5.85. The van der Waals surface area contributed by atoms with Gasteiger partial charge in [0.05, 0.1) is 0 Å². The maximum Gasteiger partial charge on any atom is 0.261 e. The monoisotopic (exact) mass is 490 g/mol. The van der Waals surface area contributed by atoms with Crippen molar-refractivity contribution in [3.8, 4) is 5.75 Å². The predicted molar refractivity (Wildman–Crippen MR) is 133 cm³/mol. The van der Waals surface area contributed by atoms with Gasteiger partial charge in [0.25, 0.3) is 5.91 Å². The summed E-state index contributed by atoms with van der Waals surface area (Å²) in [6.45, 7) is 3.84. The number of hydrogen-bond donors (Lipinski definition) is 1. The van der Waals surface area contributed by atoms with Crippen molar-refractivity contribution >= 4 is 35.0 Å². The Balaban J connectivity index is 1.79. The minimum absolute atomic E-state index is 0.130. The third kappa shape index (κ3) is 7.12. The molecule has 5 nitrogen and oxygen atoms in total. The number of halogens is 2. The second-order valence-corrected chi connectivity index (χ2v) is 9.41. The van der Waals surface area contributed by atoms with Gasteiger partial charge in [0, 0.05) is 28.2 Å². The van der Waals surface area contributed by atoms with Gasteiger partial charge in [-0.15, -0.1) is 0 Å². The van der Waals surface area contributed by atoms with E-state index in [-0.39, 0.29) is 31.0 Å². The van der Waals surface area contributed by atoms with Crippen LogP contribution in [0.4, 0.5) is 0 Å². The molecule has 1 saturated carbocycles. The van der Waals surface area contributed by atoms with Crippen molar-refractivity contribution < 1.29 is 14.3 Å². The van der Waals surface area contributed by atoms with E-state index in [1.54, 1.807) is 23.1 Å². The van der Waals surface area contributed by atoms with Gasteiger partial charge in [0.2, 0.25) is 5.91 Å². The van der Waals surface area contributed by atoms with Gasteiger partial charge in [-0.05, 0) is 50.5 Å². The van der Waals surface area contributed by atoms with E-state index in [1.807, 2.05) is 38.1 Å². The van der Waals surface area contributed by atoms with Crippen molar-refractivity contribution in [1.29, 1.82) is 0 Å². The van der Waals surface area contributed by atoms with Crippen molar-refractivity contribution in [2.45, 2.75) is 71.0 Å². The zero-order chi connectivity index (χ0) is 23.8. The van der Waals surface area contributed by atoms with Gasteiger partial charge in [0.1, 0.15) is 11.8 Å². The number of aryl methyl sites for hydroxylation is 1.